The van der Waals surface area contributed by atoms with E-state index in [4.69, 9.17) is 0 Å². The lowest BCUT2D eigenvalue weighted by molar-refractivity contribution is -0.135. The van der Waals surface area contributed by atoms with Gasteiger partial charge in [-0.3, -0.25) is 4.79 Å². The number of piperidine rings is 1. The molecule has 3 amide bonds. The number of amides is 3. The highest BCUT2D eigenvalue weighted by atomic mass is 16.2. The van der Waals surface area contributed by atoms with Gasteiger partial charge in [-0.05, 0) is 43.2 Å². The van der Waals surface area contributed by atoms with Crippen molar-refractivity contribution in [1.82, 2.24) is 14.8 Å². The molecule has 1 saturated heterocycles. The second-order valence-electron chi connectivity index (χ2n) is 6.99. The molecule has 0 atom stereocenters. The Hall–Kier alpha value is -2.76. The van der Waals surface area contributed by atoms with Gasteiger partial charge in [-0.25, -0.2) is 4.79 Å². The maximum Gasteiger partial charge on any atom is 0.319 e. The van der Waals surface area contributed by atoms with Crippen molar-refractivity contribution in [2.24, 2.45) is 5.92 Å². The molecule has 6 heteroatoms. The summed E-state index contributed by atoms with van der Waals surface area (Å²) in [5.74, 6) is 0.213. The largest absolute Gasteiger partial charge is 0.342 e. The van der Waals surface area contributed by atoms with E-state index in [9.17, 15) is 9.59 Å². The number of carbonyl (C=O) groups excluding carboxylic acids is 2. The molecule has 6 nitrogen and oxygen atoms in total. The molecule has 1 fully saturated rings. The van der Waals surface area contributed by atoms with E-state index in [2.05, 4.69) is 10.6 Å². The fourth-order valence-electron chi connectivity index (χ4n) is 3.21. The first-order valence-electron chi connectivity index (χ1n) is 9.12. The molecule has 1 aromatic heterocycles. The van der Waals surface area contributed by atoms with E-state index in [1.807, 2.05) is 72.1 Å². The third-order valence-corrected chi connectivity index (χ3v) is 4.64. The van der Waals surface area contributed by atoms with E-state index in [1.54, 1.807) is 0 Å². The minimum Gasteiger partial charge on any atom is -0.342 e. The van der Waals surface area contributed by atoms with Gasteiger partial charge in [0.2, 0.25) is 5.91 Å². The highest BCUT2D eigenvalue weighted by Gasteiger charge is 2.25. The smallest absolute Gasteiger partial charge is 0.319 e. The Labute approximate surface area is 154 Å². The first-order chi connectivity index (χ1) is 12.5. The van der Waals surface area contributed by atoms with Crippen LogP contribution in [0.15, 0.2) is 48.8 Å². The van der Waals surface area contributed by atoms with Crippen LogP contribution in [-0.2, 0) is 4.79 Å². The van der Waals surface area contributed by atoms with Crippen molar-refractivity contribution in [2.75, 3.05) is 18.4 Å². The highest BCUT2D eigenvalue weighted by Crippen LogP contribution is 2.16. The Morgan fingerprint density at radius 2 is 1.77 bits per heavy atom. The van der Waals surface area contributed by atoms with E-state index in [0.717, 1.165) is 24.2 Å². The quantitative estimate of drug-likeness (QED) is 0.885. The molecule has 1 aliphatic rings. The molecule has 2 aromatic rings. The fourth-order valence-corrected chi connectivity index (χ4v) is 3.21. The predicted molar refractivity (Wildman–Crippen MR) is 102 cm³/mol. The molecular formula is C20H26N4O2. The van der Waals surface area contributed by atoms with Gasteiger partial charge in [0.25, 0.3) is 0 Å². The topological polar surface area (TPSA) is 66.4 Å². The molecule has 1 aromatic carbocycles. The van der Waals surface area contributed by atoms with E-state index >= 15 is 0 Å². The summed E-state index contributed by atoms with van der Waals surface area (Å²) < 4.78 is 1.99. The molecule has 0 saturated carbocycles. The minimum atomic E-state index is -0.205. The second-order valence-corrected chi connectivity index (χ2v) is 6.99. The summed E-state index contributed by atoms with van der Waals surface area (Å²) in [6.45, 7) is 5.24. The SMILES string of the molecule is CC(C)C(=O)N1CCC(NC(=O)Nc2cccc(-n3cccc3)c2)CC1. The number of nitrogens with zero attached hydrogens (tertiary/aromatic N) is 2. The zero-order chi connectivity index (χ0) is 18.5. The van der Waals surface area contributed by atoms with E-state index < -0.39 is 0 Å². The molecule has 0 spiro atoms. The first kappa shape index (κ1) is 18.0. The highest BCUT2D eigenvalue weighted by molar-refractivity contribution is 5.89. The van der Waals surface area contributed by atoms with Gasteiger partial charge in [0.05, 0.1) is 0 Å². The normalized spacial score (nSPS) is 15.1. The van der Waals surface area contributed by atoms with Crippen LogP contribution >= 0.6 is 0 Å². The maximum absolute atomic E-state index is 12.3. The van der Waals surface area contributed by atoms with Crippen LogP contribution in [0.2, 0.25) is 0 Å². The molecule has 2 N–H and O–H groups in total. The lowest BCUT2D eigenvalue weighted by Gasteiger charge is -2.33. The number of benzene rings is 1. The van der Waals surface area contributed by atoms with Gasteiger partial charge in [-0.2, -0.15) is 0 Å². The van der Waals surface area contributed by atoms with Crippen molar-refractivity contribution in [3.8, 4) is 5.69 Å². The van der Waals surface area contributed by atoms with Crippen molar-refractivity contribution in [1.29, 1.82) is 0 Å². The van der Waals surface area contributed by atoms with Crippen molar-refractivity contribution >= 4 is 17.6 Å². The first-order valence-corrected chi connectivity index (χ1v) is 9.12. The number of hydrogen-bond acceptors (Lipinski definition) is 2. The number of hydrogen-bond donors (Lipinski definition) is 2. The van der Waals surface area contributed by atoms with Crippen LogP contribution in [-0.4, -0.2) is 40.5 Å². The van der Waals surface area contributed by atoms with Gasteiger partial charge >= 0.3 is 6.03 Å². The van der Waals surface area contributed by atoms with Crippen LogP contribution in [0.1, 0.15) is 26.7 Å². The van der Waals surface area contributed by atoms with Gasteiger partial charge in [-0.1, -0.05) is 19.9 Å². The van der Waals surface area contributed by atoms with Crippen LogP contribution in [0.3, 0.4) is 0 Å². The van der Waals surface area contributed by atoms with Crippen LogP contribution in [0.5, 0.6) is 0 Å². The number of nitrogens with one attached hydrogen (secondary N) is 2. The molecule has 0 aliphatic carbocycles. The molecule has 0 unspecified atom stereocenters. The number of anilines is 1. The lowest BCUT2D eigenvalue weighted by atomic mass is 10.0. The van der Waals surface area contributed by atoms with Crippen LogP contribution in [0.4, 0.5) is 10.5 Å². The van der Waals surface area contributed by atoms with Crippen LogP contribution in [0.25, 0.3) is 5.69 Å². The molecule has 2 heterocycles. The van der Waals surface area contributed by atoms with Gasteiger partial charge in [0, 0.05) is 48.8 Å². The number of aromatic nitrogens is 1. The summed E-state index contributed by atoms with van der Waals surface area (Å²) in [4.78, 5) is 26.2. The standard InChI is InChI=1S/C20H26N4O2/c1-15(2)19(25)24-12-8-16(9-13-24)21-20(26)22-17-6-5-7-18(14-17)23-10-3-4-11-23/h3-7,10-11,14-16H,8-9,12-13H2,1-2H3,(H2,21,22,26). The van der Waals surface area contributed by atoms with Crippen LogP contribution < -0.4 is 10.6 Å². The second kappa shape index (κ2) is 8.08. The van der Waals surface area contributed by atoms with E-state index in [1.165, 1.54) is 0 Å². The monoisotopic (exact) mass is 354 g/mol. The molecule has 1 aliphatic heterocycles. The molecule has 3 rings (SSSR count). The Kier molecular flexibility index (Phi) is 5.61. The van der Waals surface area contributed by atoms with Gasteiger partial charge in [0.1, 0.15) is 0 Å². The Morgan fingerprint density at radius 3 is 2.42 bits per heavy atom. The average Bonchev–Trinajstić information content (AvgIpc) is 3.16. The van der Waals surface area contributed by atoms with E-state index in [-0.39, 0.29) is 23.9 Å². The van der Waals surface area contributed by atoms with Crippen molar-refractivity contribution in [3.05, 3.63) is 48.8 Å². The Morgan fingerprint density at radius 1 is 1.08 bits per heavy atom. The zero-order valence-electron chi connectivity index (χ0n) is 15.3. The minimum absolute atomic E-state index is 0.0235. The predicted octanol–water partition coefficient (Wildman–Crippen LogP) is 3.25. The summed E-state index contributed by atoms with van der Waals surface area (Å²) in [7, 11) is 0. The van der Waals surface area contributed by atoms with Gasteiger partial charge in [-0.15, -0.1) is 0 Å². The molecular weight excluding hydrogens is 328 g/mol. The summed E-state index contributed by atoms with van der Waals surface area (Å²) >= 11 is 0. The lowest BCUT2D eigenvalue weighted by Crippen LogP contribution is -2.48. The number of carbonyl (C=O) groups is 2. The van der Waals surface area contributed by atoms with Gasteiger partial charge < -0.3 is 20.1 Å². The number of likely N-dealkylation sites (tertiary alicyclic amines) is 1. The fraction of sp³-hybridized carbons (Fsp3) is 0.400. The molecule has 0 radical (unpaired) electrons. The Bertz CT molecular complexity index is 747. The summed E-state index contributed by atoms with van der Waals surface area (Å²) in [6, 6.07) is 11.5. The summed E-state index contributed by atoms with van der Waals surface area (Å²) in [5, 5.41) is 5.92. The van der Waals surface area contributed by atoms with Crippen LogP contribution in [0, 0.1) is 5.92 Å². The summed E-state index contributed by atoms with van der Waals surface area (Å²) in [6.07, 6.45) is 5.50. The molecule has 0 bridgehead atoms. The third kappa shape index (κ3) is 4.45. The average molecular weight is 354 g/mol. The number of rotatable bonds is 4. The van der Waals surface area contributed by atoms with Crippen molar-refractivity contribution in [3.63, 3.8) is 0 Å². The third-order valence-electron chi connectivity index (χ3n) is 4.64. The maximum atomic E-state index is 12.3. The van der Waals surface area contributed by atoms with Gasteiger partial charge in [0.15, 0.2) is 0 Å². The molecule has 138 valence electrons. The molecule has 26 heavy (non-hydrogen) atoms. The zero-order valence-corrected chi connectivity index (χ0v) is 15.3. The number of urea groups is 1. The van der Waals surface area contributed by atoms with E-state index in [0.29, 0.717) is 13.1 Å². The summed E-state index contributed by atoms with van der Waals surface area (Å²) in [5.41, 5.74) is 1.74. The van der Waals surface area contributed by atoms with Crippen molar-refractivity contribution in [2.45, 2.75) is 32.7 Å². The van der Waals surface area contributed by atoms with Crippen molar-refractivity contribution < 1.29 is 9.59 Å². The Balaban J connectivity index is 1.51.